The van der Waals surface area contributed by atoms with Crippen molar-refractivity contribution in [2.45, 2.75) is 32.9 Å². The Kier molecular flexibility index (Phi) is 4.24. The molecule has 118 valence electrons. The second-order valence-electron chi connectivity index (χ2n) is 5.50. The van der Waals surface area contributed by atoms with Crippen molar-refractivity contribution in [3.05, 3.63) is 35.7 Å². The minimum atomic E-state index is -0.189. The molecule has 2 aromatic rings. The van der Waals surface area contributed by atoms with Gasteiger partial charge in [0.1, 0.15) is 17.6 Å². The predicted octanol–water partition coefficient (Wildman–Crippen LogP) is 1.54. The minimum absolute atomic E-state index is 0.0720. The lowest BCUT2D eigenvalue weighted by molar-refractivity contribution is -0.00535. The van der Waals surface area contributed by atoms with E-state index in [1.54, 1.807) is 21.8 Å². The molecule has 1 aliphatic rings. The number of carbonyl (C=O) groups excluding carboxylic acids is 1. The summed E-state index contributed by atoms with van der Waals surface area (Å²) in [5.74, 6) is 0.691. The van der Waals surface area contributed by atoms with Crippen molar-refractivity contribution in [1.82, 2.24) is 24.6 Å². The molecule has 3 rings (SSSR count). The summed E-state index contributed by atoms with van der Waals surface area (Å²) in [6.07, 6.45) is 4.60. The van der Waals surface area contributed by atoms with E-state index in [0.717, 1.165) is 24.5 Å². The Morgan fingerprint density at radius 3 is 3.14 bits per heavy atom. The molecule has 0 radical (unpaired) electrons. The lowest BCUT2D eigenvalue weighted by atomic mass is 10.2. The number of imidazole rings is 1. The zero-order valence-electron chi connectivity index (χ0n) is 13.0. The normalized spacial score (nSPS) is 18.6. The van der Waals surface area contributed by atoms with Crippen molar-refractivity contribution in [2.75, 3.05) is 19.8 Å². The Labute approximate surface area is 129 Å². The number of ether oxygens (including phenoxy) is 1. The van der Waals surface area contributed by atoms with Crippen molar-refractivity contribution in [3.8, 4) is 0 Å². The zero-order chi connectivity index (χ0) is 15.5. The van der Waals surface area contributed by atoms with Crippen molar-refractivity contribution in [1.29, 1.82) is 0 Å². The van der Waals surface area contributed by atoms with E-state index in [4.69, 9.17) is 4.74 Å². The Morgan fingerprint density at radius 1 is 1.55 bits per heavy atom. The third-order valence-corrected chi connectivity index (χ3v) is 3.74. The lowest BCUT2D eigenvalue weighted by Gasteiger charge is -2.33. The number of aromatic amines is 1. The average molecular weight is 303 g/mol. The van der Waals surface area contributed by atoms with E-state index in [1.807, 2.05) is 13.1 Å². The van der Waals surface area contributed by atoms with Gasteiger partial charge in [-0.25, -0.2) is 4.98 Å². The first-order valence-corrected chi connectivity index (χ1v) is 7.62. The molecule has 2 aromatic heterocycles. The third kappa shape index (κ3) is 2.89. The molecule has 1 saturated heterocycles. The maximum absolute atomic E-state index is 12.8. The first kappa shape index (κ1) is 14.8. The predicted molar refractivity (Wildman–Crippen MR) is 80.4 cm³/mol. The fourth-order valence-corrected chi connectivity index (χ4v) is 2.65. The summed E-state index contributed by atoms with van der Waals surface area (Å²) in [4.78, 5) is 22.1. The van der Waals surface area contributed by atoms with Gasteiger partial charge in [0.05, 0.1) is 13.2 Å². The number of aryl methyl sites for hydroxylation is 2. The summed E-state index contributed by atoms with van der Waals surface area (Å²) in [5, 5.41) is 4.36. The number of rotatable bonds is 4. The van der Waals surface area contributed by atoms with Crippen LogP contribution in [0.4, 0.5) is 0 Å². The smallest absolute Gasteiger partial charge is 0.275 e. The molecular weight excluding hydrogens is 282 g/mol. The van der Waals surface area contributed by atoms with E-state index in [2.05, 4.69) is 22.0 Å². The van der Waals surface area contributed by atoms with Crippen LogP contribution in [0.2, 0.25) is 0 Å². The molecule has 1 amide bonds. The van der Waals surface area contributed by atoms with Crippen molar-refractivity contribution in [2.24, 2.45) is 0 Å². The number of H-pyrrole nitrogens is 1. The summed E-state index contributed by atoms with van der Waals surface area (Å²) in [7, 11) is 0. The number of hydrogen-bond acceptors (Lipinski definition) is 4. The van der Waals surface area contributed by atoms with Crippen LogP contribution in [0.25, 0.3) is 0 Å². The van der Waals surface area contributed by atoms with Crippen LogP contribution >= 0.6 is 0 Å². The highest BCUT2D eigenvalue weighted by Gasteiger charge is 2.32. The molecule has 1 fully saturated rings. The van der Waals surface area contributed by atoms with Gasteiger partial charge in [-0.05, 0) is 19.4 Å². The number of aromatic nitrogens is 4. The van der Waals surface area contributed by atoms with Gasteiger partial charge in [0.15, 0.2) is 0 Å². The van der Waals surface area contributed by atoms with Crippen LogP contribution in [-0.4, -0.2) is 50.3 Å². The molecular formula is C15H21N5O2. The van der Waals surface area contributed by atoms with E-state index in [1.165, 1.54) is 0 Å². The standard InChI is InChI=1S/C15H21N5O2/c1-3-5-19-6-4-12(18-19)15(21)20-7-8-22-10-13(20)14-16-9-11(2)17-14/h4,6,9,13H,3,5,7-8,10H2,1-2H3,(H,16,17)/t13-/m0/s1. The van der Waals surface area contributed by atoms with Gasteiger partial charge in [0.2, 0.25) is 0 Å². The van der Waals surface area contributed by atoms with Crippen LogP contribution in [0.15, 0.2) is 18.5 Å². The molecule has 0 bridgehead atoms. The number of morpholine rings is 1. The maximum Gasteiger partial charge on any atom is 0.275 e. The SMILES string of the molecule is CCCn1ccc(C(=O)N2CCOC[C@H]2c2ncc(C)[nH]2)n1. The summed E-state index contributed by atoms with van der Waals surface area (Å²) in [5.41, 5.74) is 1.45. The summed E-state index contributed by atoms with van der Waals surface area (Å²) in [6, 6.07) is 1.59. The van der Waals surface area contributed by atoms with Gasteiger partial charge in [0, 0.05) is 31.2 Å². The molecule has 1 atom stereocenters. The van der Waals surface area contributed by atoms with Crippen LogP contribution in [0.1, 0.15) is 41.4 Å². The lowest BCUT2D eigenvalue weighted by Crippen LogP contribution is -2.44. The average Bonchev–Trinajstić information content (AvgIpc) is 3.16. The van der Waals surface area contributed by atoms with Crippen LogP contribution < -0.4 is 0 Å². The van der Waals surface area contributed by atoms with Crippen LogP contribution in [-0.2, 0) is 11.3 Å². The highest BCUT2D eigenvalue weighted by Crippen LogP contribution is 2.23. The first-order chi connectivity index (χ1) is 10.7. The largest absolute Gasteiger partial charge is 0.377 e. The molecule has 3 heterocycles. The van der Waals surface area contributed by atoms with Gasteiger partial charge in [-0.2, -0.15) is 5.10 Å². The topological polar surface area (TPSA) is 76.0 Å². The summed E-state index contributed by atoms with van der Waals surface area (Å²) in [6.45, 7) is 6.38. The first-order valence-electron chi connectivity index (χ1n) is 7.62. The number of nitrogens with one attached hydrogen (secondary N) is 1. The molecule has 0 saturated carbocycles. The molecule has 0 aliphatic carbocycles. The van der Waals surface area contributed by atoms with Gasteiger partial charge < -0.3 is 14.6 Å². The highest BCUT2D eigenvalue weighted by atomic mass is 16.5. The van der Waals surface area contributed by atoms with E-state index in [0.29, 0.717) is 25.5 Å². The van der Waals surface area contributed by atoms with Gasteiger partial charge >= 0.3 is 0 Å². The molecule has 7 nitrogen and oxygen atoms in total. The van der Waals surface area contributed by atoms with Crippen LogP contribution in [0.5, 0.6) is 0 Å². The fourth-order valence-electron chi connectivity index (χ4n) is 2.65. The third-order valence-electron chi connectivity index (χ3n) is 3.74. The molecule has 1 N–H and O–H groups in total. The number of carbonyl (C=O) groups is 1. The molecule has 0 spiro atoms. The second-order valence-corrected chi connectivity index (χ2v) is 5.50. The molecule has 22 heavy (non-hydrogen) atoms. The number of amides is 1. The maximum atomic E-state index is 12.8. The molecule has 1 aliphatic heterocycles. The second kappa shape index (κ2) is 6.31. The summed E-state index contributed by atoms with van der Waals surface area (Å²) >= 11 is 0. The van der Waals surface area contributed by atoms with Gasteiger partial charge in [0.25, 0.3) is 5.91 Å². The Morgan fingerprint density at radius 2 is 2.41 bits per heavy atom. The summed E-state index contributed by atoms with van der Waals surface area (Å²) < 4.78 is 7.33. The fraction of sp³-hybridized carbons (Fsp3) is 0.533. The van der Waals surface area contributed by atoms with E-state index in [9.17, 15) is 4.79 Å². The van der Waals surface area contributed by atoms with Crippen molar-refractivity contribution < 1.29 is 9.53 Å². The van der Waals surface area contributed by atoms with Crippen LogP contribution in [0.3, 0.4) is 0 Å². The van der Waals surface area contributed by atoms with E-state index in [-0.39, 0.29) is 11.9 Å². The van der Waals surface area contributed by atoms with Crippen molar-refractivity contribution >= 4 is 5.91 Å². The Bertz CT molecular complexity index is 648. The van der Waals surface area contributed by atoms with E-state index >= 15 is 0 Å². The van der Waals surface area contributed by atoms with Gasteiger partial charge in [-0.3, -0.25) is 9.48 Å². The minimum Gasteiger partial charge on any atom is -0.377 e. The molecule has 0 unspecified atom stereocenters. The number of hydrogen-bond donors (Lipinski definition) is 1. The van der Waals surface area contributed by atoms with Crippen LogP contribution in [0, 0.1) is 6.92 Å². The Balaban J connectivity index is 1.81. The quantitative estimate of drug-likeness (QED) is 0.929. The van der Waals surface area contributed by atoms with E-state index < -0.39 is 0 Å². The number of nitrogens with zero attached hydrogens (tertiary/aromatic N) is 4. The van der Waals surface area contributed by atoms with Crippen molar-refractivity contribution in [3.63, 3.8) is 0 Å². The molecule has 7 heteroatoms. The Hall–Kier alpha value is -2.15. The van der Waals surface area contributed by atoms with Gasteiger partial charge in [-0.15, -0.1) is 0 Å². The highest BCUT2D eigenvalue weighted by molar-refractivity contribution is 5.92. The monoisotopic (exact) mass is 303 g/mol. The molecule has 0 aromatic carbocycles. The van der Waals surface area contributed by atoms with Gasteiger partial charge in [-0.1, -0.05) is 6.92 Å². The zero-order valence-corrected chi connectivity index (χ0v) is 13.0.